The summed E-state index contributed by atoms with van der Waals surface area (Å²) < 4.78 is 87.7. The van der Waals surface area contributed by atoms with Crippen LogP contribution >= 0.6 is 0 Å². The maximum atomic E-state index is 13.1. The first kappa shape index (κ1) is 22.4. The van der Waals surface area contributed by atoms with Crippen LogP contribution in [0, 0.1) is 0 Å². The molecule has 0 radical (unpaired) electrons. The van der Waals surface area contributed by atoms with E-state index in [1.807, 2.05) is 6.92 Å². The summed E-state index contributed by atoms with van der Waals surface area (Å²) >= 11 is 0. The zero-order valence-corrected chi connectivity index (χ0v) is 15.9. The van der Waals surface area contributed by atoms with E-state index in [2.05, 4.69) is 9.50 Å². The van der Waals surface area contributed by atoms with E-state index in [1.54, 1.807) is 12.1 Å². The van der Waals surface area contributed by atoms with E-state index in [0.717, 1.165) is 18.9 Å². The number of ether oxygens (including phenoxy) is 2. The van der Waals surface area contributed by atoms with Crippen LogP contribution in [-0.4, -0.2) is 46.1 Å². The molecule has 0 bridgehead atoms. The topological polar surface area (TPSA) is 73.9 Å². The van der Waals surface area contributed by atoms with Gasteiger partial charge in [-0.25, -0.2) is 8.57 Å². The van der Waals surface area contributed by atoms with E-state index < -0.39 is 34.6 Å². The molecule has 1 aliphatic rings. The lowest BCUT2D eigenvalue weighted by Crippen LogP contribution is -2.33. The standard InChI is InChI=1S/C17H21F4NO5S/c1-2-3-8-25-11-14(10-18)26-13-6-4-12-5-7-16(22-15(12)9-13)27-28(23,24)17(19,20)21/h4-7,9,14,16,22H,2-3,8,10-11H2,1H3. The molecule has 0 saturated carbocycles. The monoisotopic (exact) mass is 427 g/mol. The predicted octanol–water partition coefficient (Wildman–Crippen LogP) is 3.85. The predicted molar refractivity (Wildman–Crippen MR) is 95.1 cm³/mol. The number of nitrogens with one attached hydrogen (secondary N) is 1. The lowest BCUT2D eigenvalue weighted by Gasteiger charge is -2.24. The smallest absolute Gasteiger partial charge is 0.485 e. The van der Waals surface area contributed by atoms with Crippen molar-refractivity contribution < 1.29 is 39.6 Å². The Morgan fingerprint density at radius 2 is 2.04 bits per heavy atom. The van der Waals surface area contributed by atoms with Gasteiger partial charge in [0.15, 0.2) is 12.3 Å². The summed E-state index contributed by atoms with van der Waals surface area (Å²) in [7, 11) is -5.76. The second kappa shape index (κ2) is 9.57. The van der Waals surface area contributed by atoms with Crippen LogP contribution in [0.3, 0.4) is 0 Å². The number of rotatable bonds is 10. The third-order valence-corrected chi connectivity index (χ3v) is 4.74. The van der Waals surface area contributed by atoms with Gasteiger partial charge in [0.2, 0.25) is 0 Å². The third-order valence-electron chi connectivity index (χ3n) is 3.71. The van der Waals surface area contributed by atoms with Gasteiger partial charge in [-0.2, -0.15) is 21.6 Å². The van der Waals surface area contributed by atoms with Gasteiger partial charge >= 0.3 is 15.6 Å². The molecule has 1 aromatic carbocycles. The van der Waals surface area contributed by atoms with Gasteiger partial charge in [0.05, 0.1) is 6.61 Å². The molecule has 158 valence electrons. The van der Waals surface area contributed by atoms with Crippen LogP contribution in [0.4, 0.5) is 23.2 Å². The van der Waals surface area contributed by atoms with Crippen molar-refractivity contribution >= 4 is 21.9 Å². The SMILES string of the molecule is CCCCOCC(CF)Oc1ccc2c(c1)NC(OS(=O)(=O)C(F)(F)F)C=C2. The summed E-state index contributed by atoms with van der Waals surface area (Å²) in [5.74, 6) is 0.251. The number of hydrogen-bond acceptors (Lipinski definition) is 6. The zero-order valence-electron chi connectivity index (χ0n) is 15.0. The van der Waals surface area contributed by atoms with Gasteiger partial charge < -0.3 is 14.8 Å². The fourth-order valence-electron chi connectivity index (χ4n) is 2.28. The average Bonchev–Trinajstić information content (AvgIpc) is 2.62. The molecule has 2 rings (SSSR count). The van der Waals surface area contributed by atoms with Crippen molar-refractivity contribution in [2.24, 2.45) is 0 Å². The van der Waals surface area contributed by atoms with Crippen molar-refractivity contribution in [3.63, 3.8) is 0 Å². The van der Waals surface area contributed by atoms with Crippen molar-refractivity contribution in [1.29, 1.82) is 0 Å². The molecule has 2 unspecified atom stereocenters. The van der Waals surface area contributed by atoms with Crippen molar-refractivity contribution in [3.8, 4) is 5.75 Å². The minimum Gasteiger partial charge on any atom is -0.485 e. The molecular formula is C17H21F4NO5S. The van der Waals surface area contributed by atoms with Crippen LogP contribution in [0.1, 0.15) is 25.3 Å². The van der Waals surface area contributed by atoms with Crippen molar-refractivity contribution in [2.75, 3.05) is 25.2 Å². The molecule has 0 saturated heterocycles. The molecule has 6 nitrogen and oxygen atoms in total. The Kier molecular flexibility index (Phi) is 7.67. The number of alkyl halides is 4. The molecule has 0 aromatic heterocycles. The summed E-state index contributed by atoms with van der Waals surface area (Å²) in [6.07, 6.45) is 1.95. The maximum Gasteiger partial charge on any atom is 0.523 e. The second-order valence-electron chi connectivity index (χ2n) is 5.99. The highest BCUT2D eigenvalue weighted by Crippen LogP contribution is 2.31. The Morgan fingerprint density at radius 1 is 1.29 bits per heavy atom. The van der Waals surface area contributed by atoms with Gasteiger partial charge in [-0.15, -0.1) is 0 Å². The number of halogens is 4. The molecule has 0 aliphatic carbocycles. The van der Waals surface area contributed by atoms with Crippen molar-refractivity contribution in [3.05, 3.63) is 29.8 Å². The number of fused-ring (bicyclic) bond motifs is 1. The van der Waals surface area contributed by atoms with Crippen LogP contribution in [0.15, 0.2) is 24.3 Å². The van der Waals surface area contributed by atoms with E-state index in [9.17, 15) is 26.0 Å². The summed E-state index contributed by atoms with van der Waals surface area (Å²) in [6, 6.07) is 4.58. The molecule has 2 atom stereocenters. The van der Waals surface area contributed by atoms with E-state index in [-0.39, 0.29) is 18.0 Å². The Balaban J connectivity index is 2.02. The first-order valence-corrected chi connectivity index (χ1v) is 9.96. The van der Waals surface area contributed by atoms with E-state index in [0.29, 0.717) is 12.2 Å². The van der Waals surface area contributed by atoms with Gasteiger partial charge in [-0.05, 0) is 30.2 Å². The molecule has 1 N–H and O–H groups in total. The van der Waals surface area contributed by atoms with Crippen LogP contribution in [0.25, 0.3) is 6.08 Å². The summed E-state index contributed by atoms with van der Waals surface area (Å²) in [6.45, 7) is 1.75. The summed E-state index contributed by atoms with van der Waals surface area (Å²) in [4.78, 5) is 0. The highest BCUT2D eigenvalue weighted by atomic mass is 32.2. The van der Waals surface area contributed by atoms with Crippen LogP contribution in [-0.2, 0) is 19.0 Å². The number of unbranched alkanes of at least 4 members (excludes halogenated alkanes) is 1. The zero-order chi connectivity index (χ0) is 20.8. The molecule has 0 fully saturated rings. The summed E-state index contributed by atoms with van der Waals surface area (Å²) in [5, 5.41) is 2.52. The van der Waals surface area contributed by atoms with Gasteiger partial charge in [-0.3, -0.25) is 0 Å². The van der Waals surface area contributed by atoms with Crippen molar-refractivity contribution in [1.82, 2.24) is 0 Å². The number of anilines is 1. The lowest BCUT2D eigenvalue weighted by atomic mass is 10.1. The second-order valence-corrected chi connectivity index (χ2v) is 7.56. The third kappa shape index (κ3) is 6.08. The Morgan fingerprint density at radius 3 is 2.68 bits per heavy atom. The molecular weight excluding hydrogens is 406 g/mol. The fraction of sp³-hybridized carbons (Fsp3) is 0.529. The van der Waals surface area contributed by atoms with Crippen LogP contribution in [0.5, 0.6) is 5.75 Å². The van der Waals surface area contributed by atoms with Crippen LogP contribution < -0.4 is 10.1 Å². The highest BCUT2D eigenvalue weighted by Gasteiger charge is 2.48. The van der Waals surface area contributed by atoms with Gasteiger partial charge in [-0.1, -0.05) is 19.4 Å². The number of benzene rings is 1. The first-order valence-electron chi connectivity index (χ1n) is 8.55. The molecule has 1 aliphatic heterocycles. The Labute approximate surface area is 160 Å². The van der Waals surface area contributed by atoms with E-state index in [4.69, 9.17) is 9.47 Å². The largest absolute Gasteiger partial charge is 0.523 e. The van der Waals surface area contributed by atoms with E-state index in [1.165, 1.54) is 12.1 Å². The first-order chi connectivity index (χ1) is 13.2. The average molecular weight is 427 g/mol. The molecule has 1 heterocycles. The molecule has 0 amide bonds. The normalized spacial score (nSPS) is 17.7. The minimum absolute atomic E-state index is 0.0521. The number of hydrogen-bond donors (Lipinski definition) is 1. The van der Waals surface area contributed by atoms with E-state index >= 15 is 0 Å². The van der Waals surface area contributed by atoms with Gasteiger partial charge in [0.1, 0.15) is 12.4 Å². The Bertz CT molecular complexity index is 782. The van der Waals surface area contributed by atoms with Crippen molar-refractivity contribution in [2.45, 2.75) is 37.6 Å². The van der Waals surface area contributed by atoms with Gasteiger partial charge in [0, 0.05) is 18.4 Å². The van der Waals surface area contributed by atoms with Gasteiger partial charge in [0.25, 0.3) is 0 Å². The lowest BCUT2D eigenvalue weighted by molar-refractivity contribution is -0.0553. The quantitative estimate of drug-likeness (QED) is 0.265. The molecule has 28 heavy (non-hydrogen) atoms. The molecule has 11 heteroatoms. The van der Waals surface area contributed by atoms with Crippen LogP contribution in [0.2, 0.25) is 0 Å². The maximum absolute atomic E-state index is 13.1. The highest BCUT2D eigenvalue weighted by molar-refractivity contribution is 7.87. The fourth-order valence-corrected chi connectivity index (χ4v) is 2.78. The Hall–Kier alpha value is -1.85. The molecule has 0 spiro atoms. The molecule has 1 aromatic rings. The minimum atomic E-state index is -5.76. The summed E-state index contributed by atoms with van der Waals surface area (Å²) in [5.41, 5.74) is -4.67.